The molecule has 0 saturated carbocycles. The van der Waals surface area contributed by atoms with Crippen LogP contribution in [-0.2, 0) is 0 Å². The minimum atomic E-state index is -0.193. The van der Waals surface area contributed by atoms with Crippen LogP contribution in [0, 0.1) is 20.8 Å². The fourth-order valence-corrected chi connectivity index (χ4v) is 5.05. The first-order valence-corrected chi connectivity index (χ1v) is 11.6. The van der Waals surface area contributed by atoms with Crippen molar-refractivity contribution in [1.29, 1.82) is 0 Å². The highest BCUT2D eigenvalue weighted by atomic mass is 35.5. The molecule has 6 heteroatoms. The second-order valence-corrected chi connectivity index (χ2v) is 9.33. The molecule has 33 heavy (non-hydrogen) atoms. The molecule has 4 aromatic rings. The molecular formula is C27H24ClN3OS. The Morgan fingerprint density at radius 1 is 0.970 bits per heavy atom. The fraction of sp³-hybridized carbons (Fsp3) is 0.185. The molecule has 0 radical (unpaired) electrons. The molecule has 1 aliphatic heterocycles. The third-order valence-electron chi connectivity index (χ3n) is 5.97. The van der Waals surface area contributed by atoms with Crippen molar-refractivity contribution in [2.45, 2.75) is 32.9 Å². The van der Waals surface area contributed by atoms with Crippen LogP contribution in [0.2, 0.25) is 5.02 Å². The minimum absolute atomic E-state index is 0.154. The second kappa shape index (κ2) is 8.65. The molecule has 1 saturated heterocycles. The Labute approximate surface area is 204 Å². The number of thiocarbonyl (C=S) groups is 1. The number of nitrogens with one attached hydrogen (secondary N) is 1. The number of rotatable bonds is 4. The maximum Gasteiger partial charge on any atom is 0.174 e. The molecular weight excluding hydrogens is 450 g/mol. The standard InChI is InChI=1S/C27H24ClN3OS/c1-16-12-17(2)14-20(13-16)31-26(25(30-27(31)33)22-6-4-5-11-29-22)24-10-9-23(32-24)21-15-19(28)8-7-18(21)3/h4-15,25-26H,1-3H3,(H,30,33)/t25-,26-/m0/s1. The van der Waals surface area contributed by atoms with E-state index in [4.69, 9.17) is 28.2 Å². The fourth-order valence-electron chi connectivity index (χ4n) is 4.53. The lowest BCUT2D eigenvalue weighted by atomic mass is 10.0. The number of halogens is 1. The van der Waals surface area contributed by atoms with Crippen molar-refractivity contribution >= 4 is 34.6 Å². The van der Waals surface area contributed by atoms with Crippen molar-refractivity contribution in [3.63, 3.8) is 0 Å². The van der Waals surface area contributed by atoms with Gasteiger partial charge in [-0.2, -0.15) is 0 Å². The molecule has 0 amide bonds. The van der Waals surface area contributed by atoms with Gasteiger partial charge in [0.25, 0.3) is 0 Å². The van der Waals surface area contributed by atoms with E-state index in [0.29, 0.717) is 10.1 Å². The van der Waals surface area contributed by atoms with Gasteiger partial charge in [-0.05, 0) is 98.2 Å². The number of hydrogen-bond donors (Lipinski definition) is 1. The topological polar surface area (TPSA) is 41.3 Å². The van der Waals surface area contributed by atoms with E-state index in [9.17, 15) is 0 Å². The van der Waals surface area contributed by atoms with E-state index in [1.807, 2.05) is 48.5 Å². The van der Waals surface area contributed by atoms with Gasteiger partial charge >= 0.3 is 0 Å². The van der Waals surface area contributed by atoms with Crippen LogP contribution in [0.1, 0.15) is 40.2 Å². The van der Waals surface area contributed by atoms with Gasteiger partial charge in [-0.25, -0.2) is 0 Å². The number of aromatic nitrogens is 1. The summed E-state index contributed by atoms with van der Waals surface area (Å²) in [6, 6.07) is 21.9. The molecule has 166 valence electrons. The summed E-state index contributed by atoms with van der Waals surface area (Å²) < 4.78 is 6.47. The van der Waals surface area contributed by atoms with Crippen LogP contribution in [0.5, 0.6) is 0 Å². The maximum atomic E-state index is 6.47. The number of hydrogen-bond acceptors (Lipinski definition) is 3. The Morgan fingerprint density at radius 2 is 1.76 bits per heavy atom. The zero-order valence-electron chi connectivity index (χ0n) is 18.7. The Bertz CT molecular complexity index is 1310. The molecule has 2 aromatic carbocycles. The Balaban J connectivity index is 1.63. The van der Waals surface area contributed by atoms with E-state index in [2.05, 4.69) is 54.2 Å². The highest BCUT2D eigenvalue weighted by Crippen LogP contribution is 2.43. The average Bonchev–Trinajstić information content (AvgIpc) is 3.40. The zero-order chi connectivity index (χ0) is 23.1. The first-order chi connectivity index (χ1) is 15.9. The number of anilines is 1. The number of pyridine rings is 1. The SMILES string of the molecule is Cc1cc(C)cc(N2C(=S)N[C@@H](c3ccccn3)[C@@H]2c2ccc(-c3cc(Cl)ccc3C)o2)c1. The third-order valence-corrected chi connectivity index (χ3v) is 6.52. The molecule has 2 aromatic heterocycles. The lowest BCUT2D eigenvalue weighted by molar-refractivity contribution is 0.439. The number of aryl methyl sites for hydroxylation is 3. The normalized spacial score (nSPS) is 17.9. The van der Waals surface area contributed by atoms with Crippen LogP contribution in [-0.4, -0.2) is 10.1 Å². The van der Waals surface area contributed by atoms with Gasteiger partial charge in [0, 0.05) is 22.5 Å². The number of nitrogens with zero attached hydrogens (tertiary/aromatic N) is 2. The largest absolute Gasteiger partial charge is 0.459 e. The van der Waals surface area contributed by atoms with Crippen molar-refractivity contribution in [3.05, 3.63) is 106 Å². The van der Waals surface area contributed by atoms with E-state index < -0.39 is 0 Å². The van der Waals surface area contributed by atoms with Crippen molar-refractivity contribution in [2.24, 2.45) is 0 Å². The molecule has 0 bridgehead atoms. The van der Waals surface area contributed by atoms with Crippen molar-refractivity contribution < 1.29 is 4.42 Å². The van der Waals surface area contributed by atoms with Gasteiger partial charge in [0.2, 0.25) is 0 Å². The first kappa shape index (κ1) is 21.7. The molecule has 3 heterocycles. The minimum Gasteiger partial charge on any atom is -0.459 e. The Morgan fingerprint density at radius 3 is 2.48 bits per heavy atom. The van der Waals surface area contributed by atoms with Crippen molar-refractivity contribution in [1.82, 2.24) is 10.3 Å². The summed E-state index contributed by atoms with van der Waals surface area (Å²) in [6.07, 6.45) is 1.81. The van der Waals surface area contributed by atoms with Gasteiger partial charge in [-0.15, -0.1) is 0 Å². The van der Waals surface area contributed by atoms with E-state index in [1.165, 1.54) is 11.1 Å². The molecule has 2 atom stereocenters. The van der Waals surface area contributed by atoms with Gasteiger partial charge in [-0.1, -0.05) is 29.8 Å². The quantitative estimate of drug-likeness (QED) is 0.320. The van der Waals surface area contributed by atoms with Crippen LogP contribution >= 0.6 is 23.8 Å². The van der Waals surface area contributed by atoms with E-state index in [0.717, 1.165) is 34.0 Å². The van der Waals surface area contributed by atoms with Crippen molar-refractivity contribution in [3.8, 4) is 11.3 Å². The van der Waals surface area contributed by atoms with Crippen LogP contribution < -0.4 is 10.2 Å². The highest BCUT2D eigenvalue weighted by Gasteiger charge is 2.42. The lowest BCUT2D eigenvalue weighted by Gasteiger charge is -2.26. The smallest absolute Gasteiger partial charge is 0.174 e. The van der Waals surface area contributed by atoms with Crippen LogP contribution in [0.25, 0.3) is 11.3 Å². The summed E-state index contributed by atoms with van der Waals surface area (Å²) in [7, 11) is 0. The summed E-state index contributed by atoms with van der Waals surface area (Å²) in [4.78, 5) is 6.76. The summed E-state index contributed by atoms with van der Waals surface area (Å²) in [6.45, 7) is 6.25. The summed E-state index contributed by atoms with van der Waals surface area (Å²) in [5, 5.41) is 4.82. The van der Waals surface area contributed by atoms with Gasteiger partial charge in [-0.3, -0.25) is 4.98 Å². The monoisotopic (exact) mass is 473 g/mol. The summed E-state index contributed by atoms with van der Waals surface area (Å²) in [5.41, 5.74) is 6.39. The molecule has 0 unspecified atom stereocenters. The predicted octanol–water partition coefficient (Wildman–Crippen LogP) is 7.10. The van der Waals surface area contributed by atoms with Crippen LogP contribution in [0.4, 0.5) is 5.69 Å². The maximum absolute atomic E-state index is 6.47. The second-order valence-electron chi connectivity index (χ2n) is 8.50. The van der Waals surface area contributed by atoms with E-state index in [-0.39, 0.29) is 12.1 Å². The Kier molecular flexibility index (Phi) is 5.69. The van der Waals surface area contributed by atoms with Gasteiger partial charge in [0.05, 0.1) is 11.7 Å². The van der Waals surface area contributed by atoms with Gasteiger partial charge < -0.3 is 14.6 Å². The number of furan rings is 1. The summed E-state index contributed by atoms with van der Waals surface area (Å²) in [5.74, 6) is 1.59. The van der Waals surface area contributed by atoms with Gasteiger partial charge in [0.1, 0.15) is 17.6 Å². The molecule has 4 nitrogen and oxygen atoms in total. The molecule has 0 aliphatic carbocycles. The van der Waals surface area contributed by atoms with Crippen LogP contribution in [0.3, 0.4) is 0 Å². The predicted molar refractivity (Wildman–Crippen MR) is 138 cm³/mol. The summed E-state index contributed by atoms with van der Waals surface area (Å²) >= 11 is 12.1. The zero-order valence-corrected chi connectivity index (χ0v) is 20.2. The van der Waals surface area contributed by atoms with Crippen LogP contribution in [0.15, 0.2) is 77.3 Å². The van der Waals surface area contributed by atoms with E-state index in [1.54, 1.807) is 6.20 Å². The molecule has 5 rings (SSSR count). The molecule has 1 N–H and O–H groups in total. The Hall–Kier alpha value is -3.15. The van der Waals surface area contributed by atoms with E-state index >= 15 is 0 Å². The highest BCUT2D eigenvalue weighted by molar-refractivity contribution is 7.80. The third kappa shape index (κ3) is 4.14. The van der Waals surface area contributed by atoms with Gasteiger partial charge in [0.15, 0.2) is 5.11 Å². The molecule has 0 spiro atoms. The lowest BCUT2D eigenvalue weighted by Crippen LogP contribution is -2.29. The number of benzene rings is 2. The molecule has 1 fully saturated rings. The van der Waals surface area contributed by atoms with Crippen molar-refractivity contribution in [2.75, 3.05) is 4.90 Å². The average molecular weight is 474 g/mol. The molecule has 1 aliphatic rings. The first-order valence-electron chi connectivity index (χ1n) is 10.9.